The molecule has 3 rings (SSSR count). The van der Waals surface area contributed by atoms with E-state index < -0.39 is 21.7 Å². The SMILES string of the molecule is CC(C)Oc1ccc(S(=O)(=O)N2CCCCC2)cc1NC(=O)Cc1c(F)cccc1Cl. The van der Waals surface area contributed by atoms with E-state index in [1.165, 1.54) is 40.7 Å². The lowest BCUT2D eigenvalue weighted by molar-refractivity contribution is -0.115. The van der Waals surface area contributed by atoms with Gasteiger partial charge in [0.05, 0.1) is 23.1 Å². The highest BCUT2D eigenvalue weighted by Gasteiger charge is 2.27. The Balaban J connectivity index is 1.89. The molecule has 2 aromatic rings. The van der Waals surface area contributed by atoms with Gasteiger partial charge in [0.1, 0.15) is 11.6 Å². The monoisotopic (exact) mass is 468 g/mol. The standard InChI is InChI=1S/C22H26ClFN2O4S/c1-15(2)30-21-10-9-16(31(28,29)26-11-4-3-5-12-26)13-20(21)25-22(27)14-17-18(23)7-6-8-19(17)24/h6-10,13,15H,3-5,11-12,14H2,1-2H3,(H,25,27). The maximum Gasteiger partial charge on any atom is 0.243 e. The zero-order chi connectivity index (χ0) is 22.6. The highest BCUT2D eigenvalue weighted by molar-refractivity contribution is 7.89. The first-order valence-corrected chi connectivity index (χ1v) is 12.0. The molecule has 1 amide bonds. The summed E-state index contributed by atoms with van der Waals surface area (Å²) in [5.74, 6) is -0.781. The third-order valence-corrected chi connectivity index (χ3v) is 7.19. The van der Waals surface area contributed by atoms with E-state index in [4.69, 9.17) is 16.3 Å². The van der Waals surface area contributed by atoms with E-state index in [9.17, 15) is 17.6 Å². The maximum absolute atomic E-state index is 14.1. The Kier molecular flexibility index (Phi) is 7.56. The van der Waals surface area contributed by atoms with Crippen molar-refractivity contribution in [3.63, 3.8) is 0 Å². The quantitative estimate of drug-likeness (QED) is 0.643. The number of rotatable bonds is 7. The van der Waals surface area contributed by atoms with Crippen molar-refractivity contribution in [2.24, 2.45) is 0 Å². The van der Waals surface area contributed by atoms with E-state index in [1.54, 1.807) is 0 Å². The minimum atomic E-state index is -3.69. The number of hydrogen-bond acceptors (Lipinski definition) is 4. The highest BCUT2D eigenvalue weighted by Crippen LogP contribution is 2.31. The fraction of sp³-hybridized carbons (Fsp3) is 0.409. The molecule has 0 spiro atoms. The third-order valence-electron chi connectivity index (χ3n) is 4.94. The topological polar surface area (TPSA) is 75.7 Å². The van der Waals surface area contributed by atoms with Gasteiger partial charge in [-0.2, -0.15) is 4.31 Å². The molecule has 168 valence electrons. The molecule has 9 heteroatoms. The summed E-state index contributed by atoms with van der Waals surface area (Å²) in [5, 5.41) is 2.81. The summed E-state index contributed by atoms with van der Waals surface area (Å²) in [6.45, 7) is 4.59. The molecule has 1 aliphatic heterocycles. The van der Waals surface area contributed by atoms with Crippen molar-refractivity contribution in [1.29, 1.82) is 0 Å². The number of benzene rings is 2. The molecule has 0 unspecified atom stereocenters. The predicted octanol–water partition coefficient (Wildman–Crippen LogP) is 4.62. The highest BCUT2D eigenvalue weighted by atomic mass is 35.5. The molecule has 1 heterocycles. The van der Waals surface area contributed by atoms with Gasteiger partial charge in [0.25, 0.3) is 0 Å². The number of hydrogen-bond donors (Lipinski definition) is 1. The molecule has 0 bridgehead atoms. The van der Waals surface area contributed by atoms with Crippen molar-refractivity contribution in [2.45, 2.75) is 50.5 Å². The molecule has 1 saturated heterocycles. The van der Waals surface area contributed by atoms with Crippen LogP contribution in [-0.4, -0.2) is 37.8 Å². The largest absolute Gasteiger partial charge is 0.489 e. The summed E-state index contributed by atoms with van der Waals surface area (Å²) in [7, 11) is -3.69. The summed E-state index contributed by atoms with van der Waals surface area (Å²) >= 11 is 6.02. The fourth-order valence-corrected chi connectivity index (χ4v) is 5.21. The van der Waals surface area contributed by atoms with Crippen LogP contribution >= 0.6 is 11.6 Å². The Morgan fingerprint density at radius 2 is 1.90 bits per heavy atom. The molecule has 31 heavy (non-hydrogen) atoms. The Hall–Kier alpha value is -2.16. The van der Waals surface area contributed by atoms with Gasteiger partial charge in [0, 0.05) is 23.7 Å². The molecule has 1 aliphatic rings. The number of carbonyl (C=O) groups is 1. The minimum Gasteiger partial charge on any atom is -0.489 e. The van der Waals surface area contributed by atoms with Crippen molar-refractivity contribution >= 4 is 33.2 Å². The second-order valence-corrected chi connectivity index (χ2v) is 10.1. The zero-order valence-corrected chi connectivity index (χ0v) is 19.1. The van der Waals surface area contributed by atoms with Crippen LogP contribution in [0.1, 0.15) is 38.7 Å². The first-order valence-electron chi connectivity index (χ1n) is 10.2. The molecule has 0 radical (unpaired) electrons. The van der Waals surface area contributed by atoms with Crippen molar-refractivity contribution < 1.29 is 22.3 Å². The van der Waals surface area contributed by atoms with Gasteiger partial charge in [-0.15, -0.1) is 0 Å². The summed E-state index contributed by atoms with van der Waals surface area (Å²) in [5.41, 5.74) is 0.286. The van der Waals surface area contributed by atoms with Crippen molar-refractivity contribution in [1.82, 2.24) is 4.31 Å². The first-order chi connectivity index (χ1) is 14.7. The minimum absolute atomic E-state index is 0.0738. The number of amides is 1. The van der Waals surface area contributed by atoms with E-state index in [2.05, 4.69) is 5.32 Å². The van der Waals surface area contributed by atoms with Gasteiger partial charge in [-0.3, -0.25) is 4.79 Å². The molecule has 0 saturated carbocycles. The van der Waals surface area contributed by atoms with Gasteiger partial charge in [0.15, 0.2) is 0 Å². The molecule has 1 N–H and O–H groups in total. The van der Waals surface area contributed by atoms with Crippen LogP contribution < -0.4 is 10.1 Å². The van der Waals surface area contributed by atoms with Gasteiger partial charge in [-0.1, -0.05) is 24.1 Å². The second kappa shape index (κ2) is 9.97. The second-order valence-electron chi connectivity index (χ2n) is 7.71. The number of halogens is 2. The summed E-state index contributed by atoms with van der Waals surface area (Å²) in [6.07, 6.45) is 2.16. The van der Waals surface area contributed by atoms with Crippen molar-refractivity contribution in [2.75, 3.05) is 18.4 Å². The number of nitrogens with one attached hydrogen (secondary N) is 1. The molecular weight excluding hydrogens is 443 g/mol. The molecule has 0 aromatic heterocycles. The molecule has 0 aliphatic carbocycles. The summed E-state index contributed by atoms with van der Waals surface area (Å²) in [6, 6.07) is 8.60. The van der Waals surface area contributed by atoms with Crippen LogP contribution in [-0.2, 0) is 21.2 Å². The van der Waals surface area contributed by atoms with Crippen molar-refractivity contribution in [3.8, 4) is 5.75 Å². The number of ether oxygens (including phenoxy) is 1. The smallest absolute Gasteiger partial charge is 0.243 e. The Morgan fingerprint density at radius 1 is 1.19 bits per heavy atom. The maximum atomic E-state index is 14.1. The molecule has 0 atom stereocenters. The summed E-state index contributed by atoms with van der Waals surface area (Å²) in [4.78, 5) is 12.7. The number of sulfonamides is 1. The molecule has 2 aromatic carbocycles. The van der Waals surface area contributed by atoms with Gasteiger partial charge in [-0.05, 0) is 57.0 Å². The van der Waals surface area contributed by atoms with Gasteiger partial charge in [0.2, 0.25) is 15.9 Å². The van der Waals surface area contributed by atoms with Crippen LogP contribution in [0.4, 0.5) is 10.1 Å². The number of nitrogens with zero attached hydrogens (tertiary/aromatic N) is 1. The Bertz CT molecular complexity index is 1030. The van der Waals surface area contributed by atoms with Crippen LogP contribution in [0.5, 0.6) is 5.75 Å². The van der Waals surface area contributed by atoms with E-state index in [0.29, 0.717) is 18.8 Å². The lowest BCUT2D eigenvalue weighted by Gasteiger charge is -2.26. The Morgan fingerprint density at radius 3 is 2.55 bits per heavy atom. The lowest BCUT2D eigenvalue weighted by Crippen LogP contribution is -2.35. The lowest BCUT2D eigenvalue weighted by atomic mass is 10.1. The number of piperidine rings is 1. The zero-order valence-electron chi connectivity index (χ0n) is 17.5. The molecule has 6 nitrogen and oxygen atoms in total. The molecule has 1 fully saturated rings. The first kappa shape index (κ1) is 23.5. The number of anilines is 1. The van der Waals surface area contributed by atoms with Crippen LogP contribution in [0.15, 0.2) is 41.3 Å². The normalized spacial score (nSPS) is 15.1. The fourth-order valence-electron chi connectivity index (χ4n) is 3.43. The Labute approximate surface area is 187 Å². The van der Waals surface area contributed by atoms with E-state index in [1.807, 2.05) is 13.8 Å². The summed E-state index contributed by atoms with van der Waals surface area (Å²) < 4.78 is 47.3. The van der Waals surface area contributed by atoms with Gasteiger partial charge in [-0.25, -0.2) is 12.8 Å². The predicted molar refractivity (Wildman–Crippen MR) is 119 cm³/mol. The third kappa shape index (κ3) is 5.75. The van der Waals surface area contributed by atoms with Gasteiger partial charge < -0.3 is 10.1 Å². The van der Waals surface area contributed by atoms with Crippen LogP contribution in [0.25, 0.3) is 0 Å². The molecular formula is C22H26ClFN2O4S. The number of carbonyl (C=O) groups excluding carboxylic acids is 1. The van der Waals surface area contributed by atoms with E-state index >= 15 is 0 Å². The van der Waals surface area contributed by atoms with Crippen LogP contribution in [0.3, 0.4) is 0 Å². The van der Waals surface area contributed by atoms with Gasteiger partial charge >= 0.3 is 0 Å². The van der Waals surface area contributed by atoms with E-state index in [-0.39, 0.29) is 33.7 Å². The van der Waals surface area contributed by atoms with Crippen molar-refractivity contribution in [3.05, 3.63) is 52.8 Å². The average molecular weight is 469 g/mol. The average Bonchev–Trinajstić information content (AvgIpc) is 2.72. The van der Waals surface area contributed by atoms with E-state index in [0.717, 1.165) is 19.3 Å². The van der Waals surface area contributed by atoms with Crippen LogP contribution in [0.2, 0.25) is 5.02 Å². The van der Waals surface area contributed by atoms with Crippen LogP contribution in [0, 0.1) is 5.82 Å².